The molecule has 0 saturated heterocycles. The molecule has 0 amide bonds. The van der Waals surface area contributed by atoms with Crippen LogP contribution in [-0.4, -0.2) is 5.11 Å². The van der Waals surface area contributed by atoms with Crippen LogP contribution in [0.25, 0.3) is 0 Å². The van der Waals surface area contributed by atoms with E-state index in [0.29, 0.717) is 5.75 Å². The molecule has 1 nitrogen and oxygen atoms in total. The molecule has 0 bridgehead atoms. The van der Waals surface area contributed by atoms with Crippen molar-refractivity contribution in [1.29, 1.82) is 0 Å². The Morgan fingerprint density at radius 3 is 1.16 bits per heavy atom. The lowest BCUT2D eigenvalue weighted by molar-refractivity contribution is -0.174. The first-order chi connectivity index (χ1) is 11.2. The molecule has 10 heteroatoms. The Labute approximate surface area is 135 Å². The van der Waals surface area contributed by atoms with E-state index >= 15 is 0 Å². The molecule has 2 aromatic rings. The van der Waals surface area contributed by atoms with Gasteiger partial charge in [0.15, 0.2) is 0 Å². The van der Waals surface area contributed by atoms with E-state index in [1.807, 2.05) is 6.07 Å². The summed E-state index contributed by atoms with van der Waals surface area (Å²) >= 11 is 0. The molecule has 1 N–H and O–H groups in total. The number of rotatable bonds is 0. The van der Waals surface area contributed by atoms with E-state index < -0.39 is 35.2 Å². The van der Waals surface area contributed by atoms with Gasteiger partial charge in [-0.15, -0.1) is 0 Å². The van der Waals surface area contributed by atoms with Gasteiger partial charge in [-0.3, -0.25) is 0 Å². The minimum atomic E-state index is -5.75. The molecule has 138 valence electrons. The van der Waals surface area contributed by atoms with Crippen LogP contribution in [0.3, 0.4) is 0 Å². The Morgan fingerprint density at radius 1 is 0.520 bits per heavy atom. The highest BCUT2D eigenvalue weighted by Crippen LogP contribution is 2.46. The molecule has 0 unspecified atom stereocenters. The number of para-hydroxylation sites is 1. The first-order valence-electron chi connectivity index (χ1n) is 6.33. The fourth-order valence-electron chi connectivity index (χ4n) is 1.76. The van der Waals surface area contributed by atoms with Crippen molar-refractivity contribution in [2.45, 2.75) is 18.5 Å². The monoisotopic (exact) mass is 376 g/mol. The number of halogens is 9. The molecule has 2 rings (SSSR count). The quantitative estimate of drug-likeness (QED) is 0.548. The van der Waals surface area contributed by atoms with Crippen LogP contribution in [0.4, 0.5) is 39.5 Å². The normalized spacial score (nSPS) is 12.4. The van der Waals surface area contributed by atoms with Gasteiger partial charge in [-0.1, -0.05) is 24.3 Å². The van der Waals surface area contributed by atoms with Crippen LogP contribution < -0.4 is 0 Å². The third kappa shape index (κ3) is 5.87. The lowest BCUT2D eigenvalue weighted by atomic mass is 9.99. The van der Waals surface area contributed by atoms with Crippen molar-refractivity contribution in [3.05, 3.63) is 65.2 Å². The second kappa shape index (κ2) is 7.24. The summed E-state index contributed by atoms with van der Waals surface area (Å²) in [5, 5.41) is 8.63. The van der Waals surface area contributed by atoms with Crippen LogP contribution in [0.1, 0.15) is 16.7 Å². The summed E-state index contributed by atoms with van der Waals surface area (Å²) in [4.78, 5) is 0. The van der Waals surface area contributed by atoms with E-state index in [9.17, 15) is 39.5 Å². The third-order valence-corrected chi connectivity index (χ3v) is 2.71. The summed E-state index contributed by atoms with van der Waals surface area (Å²) in [7, 11) is 0. The third-order valence-electron chi connectivity index (χ3n) is 2.71. The molecular formula is C15H9F9O. The van der Waals surface area contributed by atoms with Crippen LogP contribution >= 0.6 is 0 Å². The second-order valence-electron chi connectivity index (χ2n) is 4.56. The van der Waals surface area contributed by atoms with Gasteiger partial charge in [0, 0.05) is 0 Å². The lowest BCUT2D eigenvalue weighted by Gasteiger charge is -2.20. The molecule has 0 saturated carbocycles. The summed E-state index contributed by atoms with van der Waals surface area (Å²) in [6.07, 6.45) is -16.8. The smallest absolute Gasteiger partial charge is 0.417 e. The van der Waals surface area contributed by atoms with Gasteiger partial charge in [-0.05, 0) is 24.3 Å². The van der Waals surface area contributed by atoms with Crippen molar-refractivity contribution in [2.75, 3.05) is 0 Å². The topological polar surface area (TPSA) is 20.2 Å². The van der Waals surface area contributed by atoms with Gasteiger partial charge < -0.3 is 5.11 Å². The number of phenols is 1. The molecule has 0 heterocycles. The molecule has 0 spiro atoms. The maximum absolute atomic E-state index is 12.4. The van der Waals surface area contributed by atoms with Gasteiger partial charge in [0.1, 0.15) is 5.75 Å². The first kappa shape index (κ1) is 20.7. The molecule has 25 heavy (non-hydrogen) atoms. The summed E-state index contributed by atoms with van der Waals surface area (Å²) in [6, 6.07) is 8.90. The maximum atomic E-state index is 12.4. The van der Waals surface area contributed by atoms with Crippen LogP contribution in [0.15, 0.2) is 48.5 Å². The summed E-state index contributed by atoms with van der Waals surface area (Å²) in [5.41, 5.74) is -7.43. The van der Waals surface area contributed by atoms with Gasteiger partial charge in [0.2, 0.25) is 0 Å². The number of benzene rings is 2. The van der Waals surface area contributed by atoms with Gasteiger partial charge in [-0.25, -0.2) is 0 Å². The second-order valence-corrected chi connectivity index (χ2v) is 4.56. The van der Waals surface area contributed by atoms with E-state index in [0.717, 1.165) is 0 Å². The van der Waals surface area contributed by atoms with Crippen molar-refractivity contribution < 1.29 is 44.6 Å². The highest BCUT2D eigenvalue weighted by molar-refractivity contribution is 5.41. The van der Waals surface area contributed by atoms with Crippen molar-refractivity contribution >= 4 is 0 Å². The predicted octanol–water partition coefficient (Wildman–Crippen LogP) is 6.14. The van der Waals surface area contributed by atoms with Crippen molar-refractivity contribution in [3.63, 3.8) is 0 Å². The van der Waals surface area contributed by atoms with E-state index in [-0.39, 0.29) is 18.2 Å². The number of phenolic OH excluding ortho intramolecular Hbond substituents is 1. The average Bonchev–Trinajstić information content (AvgIpc) is 2.45. The standard InChI is InChI=1S/C9H3F9.C6H6O/c10-7(11,12)4-2-1-3-5(8(13,14)15)6(4)9(16,17)18;7-6-4-2-1-3-5-6/h1-3H;1-5,7H. The maximum Gasteiger partial charge on any atom is 0.417 e. The predicted molar refractivity (Wildman–Crippen MR) is 69.6 cm³/mol. The number of hydrogen-bond donors (Lipinski definition) is 1. The van der Waals surface area contributed by atoms with E-state index in [1.165, 1.54) is 0 Å². The van der Waals surface area contributed by atoms with Gasteiger partial charge in [0.05, 0.1) is 16.7 Å². The van der Waals surface area contributed by atoms with E-state index in [2.05, 4.69) is 0 Å². The first-order valence-corrected chi connectivity index (χ1v) is 6.33. The fraction of sp³-hybridized carbons (Fsp3) is 0.200. The zero-order chi connectivity index (χ0) is 19.5. The van der Waals surface area contributed by atoms with Gasteiger partial charge in [0.25, 0.3) is 0 Å². The highest BCUT2D eigenvalue weighted by atomic mass is 19.4. The van der Waals surface area contributed by atoms with Gasteiger partial charge >= 0.3 is 18.5 Å². The van der Waals surface area contributed by atoms with Crippen LogP contribution in [0.2, 0.25) is 0 Å². The van der Waals surface area contributed by atoms with Crippen LogP contribution in [0.5, 0.6) is 5.75 Å². The lowest BCUT2D eigenvalue weighted by Crippen LogP contribution is -2.22. The molecule has 0 atom stereocenters. The SMILES string of the molecule is FC(F)(F)c1cccc(C(F)(F)F)c1C(F)(F)F.Oc1ccccc1. The van der Waals surface area contributed by atoms with Crippen LogP contribution in [-0.2, 0) is 18.5 Å². The number of alkyl halides is 9. The highest BCUT2D eigenvalue weighted by Gasteiger charge is 2.49. The largest absolute Gasteiger partial charge is 0.508 e. The molecular weight excluding hydrogens is 367 g/mol. The zero-order valence-corrected chi connectivity index (χ0v) is 12.0. The molecule has 2 aromatic carbocycles. The van der Waals surface area contributed by atoms with Crippen molar-refractivity contribution in [1.82, 2.24) is 0 Å². The Morgan fingerprint density at radius 2 is 0.920 bits per heavy atom. The van der Waals surface area contributed by atoms with E-state index in [1.54, 1.807) is 24.3 Å². The Bertz CT molecular complexity index is 653. The summed E-state index contributed by atoms with van der Waals surface area (Å²) < 4.78 is 111. The zero-order valence-electron chi connectivity index (χ0n) is 12.0. The fourth-order valence-corrected chi connectivity index (χ4v) is 1.76. The molecule has 0 radical (unpaired) electrons. The van der Waals surface area contributed by atoms with Crippen LogP contribution in [0, 0.1) is 0 Å². The number of hydrogen-bond acceptors (Lipinski definition) is 1. The molecule has 0 aliphatic rings. The number of aromatic hydroxyl groups is 1. The Balaban J connectivity index is 0.000000370. The van der Waals surface area contributed by atoms with Crippen molar-refractivity contribution in [2.24, 2.45) is 0 Å². The van der Waals surface area contributed by atoms with E-state index in [4.69, 9.17) is 5.11 Å². The molecule has 0 aliphatic heterocycles. The summed E-state index contributed by atoms with van der Waals surface area (Å²) in [6.45, 7) is 0. The molecule has 0 aliphatic carbocycles. The summed E-state index contributed by atoms with van der Waals surface area (Å²) in [5.74, 6) is 0.322. The minimum absolute atomic E-state index is 0.0436. The van der Waals surface area contributed by atoms with Gasteiger partial charge in [-0.2, -0.15) is 39.5 Å². The Kier molecular flexibility index (Phi) is 5.98. The molecule has 0 aromatic heterocycles. The Hall–Kier alpha value is -2.39. The average molecular weight is 376 g/mol. The van der Waals surface area contributed by atoms with Crippen molar-refractivity contribution in [3.8, 4) is 5.75 Å². The molecule has 0 fully saturated rings. The minimum Gasteiger partial charge on any atom is -0.508 e.